The monoisotopic (exact) mass is 372 g/mol. The van der Waals surface area contributed by atoms with Gasteiger partial charge in [-0.2, -0.15) is 0 Å². The molecule has 2 aliphatic rings. The molecule has 6 nitrogen and oxygen atoms in total. The topological polar surface area (TPSA) is 77.9 Å². The van der Waals surface area contributed by atoms with Gasteiger partial charge >= 0.3 is 5.97 Å². The van der Waals surface area contributed by atoms with Crippen molar-refractivity contribution in [3.8, 4) is 0 Å². The van der Waals surface area contributed by atoms with E-state index < -0.39 is 16.0 Å². The molecule has 0 aliphatic carbocycles. The van der Waals surface area contributed by atoms with Gasteiger partial charge in [-0.3, -0.25) is 4.90 Å². The van der Waals surface area contributed by atoms with Gasteiger partial charge in [0.15, 0.2) is 0 Å². The maximum atomic E-state index is 12.6. The van der Waals surface area contributed by atoms with Gasteiger partial charge in [-0.1, -0.05) is 0 Å². The Hall–Kier alpha value is -0.960. The molecule has 2 aliphatic heterocycles. The molecular weight excluding hydrogens is 348 g/mol. The van der Waals surface area contributed by atoms with Crippen molar-refractivity contribution in [1.29, 1.82) is 0 Å². The Morgan fingerprint density at radius 2 is 1.88 bits per heavy atom. The third-order valence-electron chi connectivity index (χ3n) is 5.01. The van der Waals surface area contributed by atoms with Gasteiger partial charge in [0.05, 0.1) is 5.25 Å². The van der Waals surface area contributed by atoms with E-state index in [9.17, 15) is 13.2 Å². The van der Waals surface area contributed by atoms with E-state index in [4.69, 9.17) is 5.11 Å². The number of carbonyl (C=O) groups is 1. The summed E-state index contributed by atoms with van der Waals surface area (Å²) in [6.45, 7) is 5.48. The normalized spacial score (nSPS) is 21.4. The second kappa shape index (κ2) is 7.11. The van der Waals surface area contributed by atoms with Crippen molar-refractivity contribution in [3.05, 3.63) is 21.4 Å². The molecule has 8 heteroatoms. The summed E-state index contributed by atoms with van der Waals surface area (Å²) >= 11 is 1.30. The summed E-state index contributed by atoms with van der Waals surface area (Å²) in [4.78, 5) is 14.7. The van der Waals surface area contributed by atoms with Gasteiger partial charge in [0, 0.05) is 24.5 Å². The number of likely N-dealkylation sites (tertiary alicyclic amines) is 1. The highest BCUT2D eigenvalue weighted by Gasteiger charge is 2.35. The highest BCUT2D eigenvalue weighted by Crippen LogP contribution is 2.27. The molecule has 0 spiro atoms. The zero-order valence-corrected chi connectivity index (χ0v) is 15.5. The first-order valence-corrected chi connectivity index (χ1v) is 10.7. The van der Waals surface area contributed by atoms with Gasteiger partial charge in [0.25, 0.3) is 0 Å². The molecule has 0 radical (unpaired) electrons. The van der Waals surface area contributed by atoms with E-state index in [0.717, 1.165) is 36.4 Å². The minimum absolute atomic E-state index is 0.259. The molecule has 2 saturated heterocycles. The van der Waals surface area contributed by atoms with Crippen LogP contribution in [-0.2, 0) is 16.6 Å². The van der Waals surface area contributed by atoms with E-state index in [1.54, 1.807) is 10.4 Å². The highest BCUT2D eigenvalue weighted by atomic mass is 32.2. The molecule has 0 atom stereocenters. The Bertz CT molecular complexity index is 700. The molecule has 0 bridgehead atoms. The standard InChI is InChI=1S/C16H24N2O4S2/c1-12-13(10-15(23-12)16(19)20)11-17-8-4-14(5-9-17)24(21,22)18-6-2-3-7-18/h10,14H,2-9,11H2,1H3,(H,19,20). The zero-order chi connectivity index (χ0) is 17.3. The fourth-order valence-corrected chi connectivity index (χ4v) is 6.41. The summed E-state index contributed by atoms with van der Waals surface area (Å²) in [7, 11) is -3.14. The summed E-state index contributed by atoms with van der Waals surface area (Å²) in [5.74, 6) is -0.884. The number of hydrogen-bond acceptors (Lipinski definition) is 5. The van der Waals surface area contributed by atoms with Gasteiger partial charge in [-0.25, -0.2) is 17.5 Å². The maximum Gasteiger partial charge on any atom is 0.345 e. The van der Waals surface area contributed by atoms with Crippen LogP contribution in [0.3, 0.4) is 0 Å². The number of rotatable bonds is 5. The molecule has 0 saturated carbocycles. The number of piperidine rings is 1. The number of aromatic carboxylic acids is 1. The molecule has 1 N–H and O–H groups in total. The Labute approximate surface area is 147 Å². The molecule has 24 heavy (non-hydrogen) atoms. The van der Waals surface area contributed by atoms with Crippen molar-refractivity contribution in [2.45, 2.75) is 44.4 Å². The van der Waals surface area contributed by atoms with Crippen LogP contribution < -0.4 is 0 Å². The number of sulfonamides is 1. The van der Waals surface area contributed by atoms with Crippen molar-refractivity contribution >= 4 is 27.3 Å². The largest absolute Gasteiger partial charge is 0.477 e. The zero-order valence-electron chi connectivity index (χ0n) is 13.9. The molecule has 2 fully saturated rings. The number of thiophene rings is 1. The smallest absolute Gasteiger partial charge is 0.345 e. The van der Waals surface area contributed by atoms with Crippen molar-refractivity contribution in [2.75, 3.05) is 26.2 Å². The van der Waals surface area contributed by atoms with Crippen LogP contribution in [0, 0.1) is 6.92 Å². The Morgan fingerprint density at radius 1 is 1.25 bits per heavy atom. The third kappa shape index (κ3) is 3.66. The number of carboxylic acid groups (broad SMARTS) is 1. The lowest BCUT2D eigenvalue weighted by atomic mass is 10.1. The average molecular weight is 373 g/mol. The van der Waals surface area contributed by atoms with Crippen LogP contribution in [0.4, 0.5) is 0 Å². The minimum Gasteiger partial charge on any atom is -0.477 e. The minimum atomic E-state index is -3.14. The van der Waals surface area contributed by atoms with Gasteiger partial charge < -0.3 is 5.11 Å². The van der Waals surface area contributed by atoms with Crippen LogP contribution in [-0.4, -0.2) is 60.1 Å². The van der Waals surface area contributed by atoms with E-state index in [1.807, 2.05) is 6.92 Å². The predicted octanol–water partition coefficient (Wildman–Crippen LogP) is 2.14. The van der Waals surface area contributed by atoms with Crippen LogP contribution in [0.15, 0.2) is 6.07 Å². The number of hydrogen-bond donors (Lipinski definition) is 1. The average Bonchev–Trinajstić information content (AvgIpc) is 3.19. The lowest BCUT2D eigenvalue weighted by Crippen LogP contribution is -2.44. The molecule has 1 aromatic rings. The third-order valence-corrected chi connectivity index (χ3v) is 8.49. The fraction of sp³-hybridized carbons (Fsp3) is 0.688. The summed E-state index contributed by atoms with van der Waals surface area (Å²) in [5.41, 5.74) is 1.04. The van der Waals surface area contributed by atoms with Gasteiger partial charge in [0.1, 0.15) is 4.88 Å². The molecule has 3 rings (SSSR count). The first-order valence-electron chi connectivity index (χ1n) is 8.42. The second-order valence-corrected chi connectivity index (χ2v) is 10.1. The van der Waals surface area contributed by atoms with Gasteiger partial charge in [0.2, 0.25) is 10.0 Å². The molecular formula is C16H24N2O4S2. The SMILES string of the molecule is Cc1sc(C(=O)O)cc1CN1CCC(S(=O)(=O)N2CCCC2)CC1. The van der Waals surface area contributed by atoms with Crippen molar-refractivity contribution in [2.24, 2.45) is 0 Å². The maximum absolute atomic E-state index is 12.6. The molecule has 1 aromatic heterocycles. The summed E-state index contributed by atoms with van der Waals surface area (Å²) < 4.78 is 26.9. The lowest BCUT2D eigenvalue weighted by molar-refractivity contribution is 0.0702. The van der Waals surface area contributed by atoms with E-state index in [0.29, 0.717) is 37.4 Å². The lowest BCUT2D eigenvalue weighted by Gasteiger charge is -2.33. The van der Waals surface area contributed by atoms with E-state index in [1.165, 1.54) is 11.3 Å². The van der Waals surface area contributed by atoms with Gasteiger partial charge in [-0.05, 0) is 57.3 Å². The predicted molar refractivity (Wildman–Crippen MR) is 94.0 cm³/mol. The Kier molecular flexibility index (Phi) is 5.29. The summed E-state index contributed by atoms with van der Waals surface area (Å²) in [5, 5.41) is 8.82. The van der Waals surface area contributed by atoms with Crippen LogP contribution in [0.2, 0.25) is 0 Å². The Morgan fingerprint density at radius 3 is 2.42 bits per heavy atom. The molecule has 3 heterocycles. The number of carboxylic acids is 1. The second-order valence-electron chi connectivity index (χ2n) is 6.62. The van der Waals surface area contributed by atoms with Crippen molar-refractivity contribution in [3.63, 3.8) is 0 Å². The van der Waals surface area contributed by atoms with Gasteiger partial charge in [-0.15, -0.1) is 11.3 Å². The van der Waals surface area contributed by atoms with Crippen LogP contribution in [0.25, 0.3) is 0 Å². The quantitative estimate of drug-likeness (QED) is 0.857. The highest BCUT2D eigenvalue weighted by molar-refractivity contribution is 7.89. The summed E-state index contributed by atoms with van der Waals surface area (Å²) in [6, 6.07) is 1.75. The molecule has 0 aromatic carbocycles. The van der Waals surface area contributed by atoms with Crippen LogP contribution in [0.1, 0.15) is 45.8 Å². The van der Waals surface area contributed by atoms with E-state index in [2.05, 4.69) is 4.90 Å². The van der Waals surface area contributed by atoms with E-state index in [-0.39, 0.29) is 5.25 Å². The first kappa shape index (κ1) is 17.8. The first-order chi connectivity index (χ1) is 11.4. The van der Waals surface area contributed by atoms with Crippen molar-refractivity contribution < 1.29 is 18.3 Å². The summed E-state index contributed by atoms with van der Waals surface area (Å²) in [6.07, 6.45) is 3.27. The molecule has 0 unspecified atom stereocenters. The molecule has 134 valence electrons. The molecule has 0 amide bonds. The fourth-order valence-electron chi connectivity index (χ4n) is 3.54. The van der Waals surface area contributed by atoms with Crippen molar-refractivity contribution in [1.82, 2.24) is 9.21 Å². The Balaban J connectivity index is 1.58. The van der Waals surface area contributed by atoms with Crippen LogP contribution >= 0.6 is 11.3 Å². The number of aryl methyl sites for hydroxylation is 1. The van der Waals surface area contributed by atoms with Crippen LogP contribution in [0.5, 0.6) is 0 Å². The number of nitrogens with zero attached hydrogens (tertiary/aromatic N) is 2. The van der Waals surface area contributed by atoms with E-state index >= 15 is 0 Å².